The van der Waals surface area contributed by atoms with Crippen molar-refractivity contribution in [1.29, 1.82) is 0 Å². The molecule has 0 heterocycles. The second-order valence-corrected chi connectivity index (χ2v) is 4.12. The highest BCUT2D eigenvalue weighted by atomic mass is 16.5. The van der Waals surface area contributed by atoms with E-state index in [0.717, 1.165) is 11.1 Å². The Morgan fingerprint density at radius 2 is 2.24 bits per heavy atom. The molecule has 4 heteroatoms. The monoisotopic (exact) mass is 237 g/mol. The summed E-state index contributed by atoms with van der Waals surface area (Å²) in [6.45, 7) is 1.96. The Hall–Kier alpha value is -1.55. The van der Waals surface area contributed by atoms with Gasteiger partial charge in [-0.2, -0.15) is 0 Å². The lowest BCUT2D eigenvalue weighted by molar-refractivity contribution is -0.118. The third-order valence-electron chi connectivity index (χ3n) is 2.64. The van der Waals surface area contributed by atoms with Gasteiger partial charge in [0.1, 0.15) is 5.75 Å². The predicted octanol–water partition coefficient (Wildman–Crippen LogP) is 1.69. The first-order valence-corrected chi connectivity index (χ1v) is 5.65. The Balaban J connectivity index is 2.69. The van der Waals surface area contributed by atoms with Gasteiger partial charge in [0.15, 0.2) is 0 Å². The molecule has 1 rings (SSSR count). The van der Waals surface area contributed by atoms with Crippen molar-refractivity contribution in [3.05, 3.63) is 29.3 Å². The largest absolute Gasteiger partial charge is 0.496 e. The molecule has 3 N–H and O–H groups in total. The van der Waals surface area contributed by atoms with E-state index in [1.165, 1.54) is 0 Å². The summed E-state index contributed by atoms with van der Waals surface area (Å²) in [4.78, 5) is 10.6. The minimum atomic E-state index is -0.621. The molecular weight excluding hydrogens is 218 g/mol. The average Bonchev–Trinajstić information content (AvgIpc) is 2.28. The van der Waals surface area contributed by atoms with Crippen molar-refractivity contribution in [2.45, 2.75) is 32.3 Å². The first-order chi connectivity index (χ1) is 8.04. The average molecular weight is 237 g/mol. The van der Waals surface area contributed by atoms with Crippen LogP contribution >= 0.6 is 0 Å². The van der Waals surface area contributed by atoms with E-state index in [-0.39, 0.29) is 5.91 Å². The molecule has 94 valence electrons. The number of hydrogen-bond acceptors (Lipinski definition) is 3. The molecule has 4 nitrogen and oxygen atoms in total. The number of carbonyl (C=O) groups is 1. The molecule has 0 aliphatic carbocycles. The SMILES string of the molecule is COc1ccc(C)cc1C(O)CCCC(N)=O. The van der Waals surface area contributed by atoms with Crippen molar-refractivity contribution in [3.8, 4) is 5.75 Å². The van der Waals surface area contributed by atoms with E-state index in [2.05, 4.69) is 0 Å². The van der Waals surface area contributed by atoms with Gasteiger partial charge in [-0.1, -0.05) is 11.6 Å². The molecule has 1 aromatic carbocycles. The first-order valence-electron chi connectivity index (χ1n) is 5.65. The number of aliphatic hydroxyl groups excluding tert-OH is 1. The minimum Gasteiger partial charge on any atom is -0.496 e. The van der Waals surface area contributed by atoms with Crippen LogP contribution < -0.4 is 10.5 Å². The quantitative estimate of drug-likeness (QED) is 0.790. The predicted molar refractivity (Wildman–Crippen MR) is 65.7 cm³/mol. The number of nitrogens with two attached hydrogens (primary N) is 1. The van der Waals surface area contributed by atoms with Gasteiger partial charge < -0.3 is 15.6 Å². The fourth-order valence-corrected chi connectivity index (χ4v) is 1.74. The zero-order chi connectivity index (χ0) is 12.8. The third kappa shape index (κ3) is 4.07. The molecule has 0 radical (unpaired) electrons. The van der Waals surface area contributed by atoms with E-state index < -0.39 is 6.10 Å². The van der Waals surface area contributed by atoms with Gasteiger partial charge in [0.2, 0.25) is 5.91 Å². The molecule has 0 saturated carbocycles. The van der Waals surface area contributed by atoms with Gasteiger partial charge in [-0.05, 0) is 31.9 Å². The Morgan fingerprint density at radius 3 is 2.82 bits per heavy atom. The van der Waals surface area contributed by atoms with Gasteiger partial charge >= 0.3 is 0 Å². The van der Waals surface area contributed by atoms with Gasteiger partial charge in [-0.25, -0.2) is 0 Å². The van der Waals surface area contributed by atoms with Crippen LogP contribution in [0.3, 0.4) is 0 Å². The standard InChI is InChI=1S/C13H19NO3/c1-9-6-7-12(17-2)10(8-9)11(15)4-3-5-13(14)16/h6-8,11,15H,3-5H2,1-2H3,(H2,14,16). The first kappa shape index (κ1) is 13.5. The Bertz CT molecular complexity index is 390. The molecule has 17 heavy (non-hydrogen) atoms. The Morgan fingerprint density at radius 1 is 1.53 bits per heavy atom. The zero-order valence-electron chi connectivity index (χ0n) is 10.3. The molecule has 0 saturated heterocycles. The second kappa shape index (κ2) is 6.25. The van der Waals surface area contributed by atoms with Crippen molar-refractivity contribution in [3.63, 3.8) is 0 Å². The smallest absolute Gasteiger partial charge is 0.217 e. The zero-order valence-corrected chi connectivity index (χ0v) is 10.3. The number of ether oxygens (including phenoxy) is 1. The van der Waals surface area contributed by atoms with Crippen molar-refractivity contribution in [2.75, 3.05) is 7.11 Å². The fraction of sp³-hybridized carbons (Fsp3) is 0.462. The molecule has 1 unspecified atom stereocenters. The molecular formula is C13H19NO3. The number of benzene rings is 1. The minimum absolute atomic E-state index is 0.297. The molecule has 1 aromatic rings. The lowest BCUT2D eigenvalue weighted by Gasteiger charge is -2.15. The molecule has 0 aliphatic rings. The van der Waals surface area contributed by atoms with Crippen molar-refractivity contribution in [2.24, 2.45) is 5.73 Å². The molecule has 0 aromatic heterocycles. The summed E-state index contributed by atoms with van der Waals surface area (Å²) in [6, 6.07) is 5.66. The van der Waals surface area contributed by atoms with Gasteiger partial charge in [0.25, 0.3) is 0 Å². The summed E-state index contributed by atoms with van der Waals surface area (Å²) in [5.41, 5.74) is 6.88. The Labute approximate surface area is 101 Å². The van der Waals surface area contributed by atoms with E-state index in [1.807, 2.05) is 25.1 Å². The number of carbonyl (C=O) groups excluding carboxylic acids is 1. The second-order valence-electron chi connectivity index (χ2n) is 4.12. The topological polar surface area (TPSA) is 72.6 Å². The normalized spacial score (nSPS) is 12.2. The summed E-state index contributed by atoms with van der Waals surface area (Å²) in [6.07, 6.45) is 0.755. The molecule has 0 spiro atoms. The fourth-order valence-electron chi connectivity index (χ4n) is 1.74. The number of amides is 1. The van der Waals surface area contributed by atoms with Crippen LogP contribution in [0.5, 0.6) is 5.75 Å². The van der Waals surface area contributed by atoms with E-state index in [1.54, 1.807) is 7.11 Å². The molecule has 1 atom stereocenters. The maximum atomic E-state index is 10.6. The van der Waals surface area contributed by atoms with Crippen LogP contribution in [0.2, 0.25) is 0 Å². The highest BCUT2D eigenvalue weighted by Crippen LogP contribution is 2.29. The number of hydrogen-bond donors (Lipinski definition) is 2. The highest BCUT2D eigenvalue weighted by Gasteiger charge is 2.13. The van der Waals surface area contributed by atoms with E-state index in [0.29, 0.717) is 25.0 Å². The van der Waals surface area contributed by atoms with Crippen molar-refractivity contribution >= 4 is 5.91 Å². The number of aryl methyl sites for hydroxylation is 1. The van der Waals surface area contributed by atoms with Gasteiger partial charge in [-0.15, -0.1) is 0 Å². The lowest BCUT2D eigenvalue weighted by atomic mass is 10.0. The van der Waals surface area contributed by atoms with Gasteiger partial charge in [0, 0.05) is 12.0 Å². The van der Waals surface area contributed by atoms with E-state index in [9.17, 15) is 9.90 Å². The molecule has 1 amide bonds. The summed E-state index contributed by atoms with van der Waals surface area (Å²) in [5, 5.41) is 10.0. The summed E-state index contributed by atoms with van der Waals surface area (Å²) >= 11 is 0. The van der Waals surface area contributed by atoms with Crippen LogP contribution in [0, 0.1) is 6.92 Å². The Kier molecular flexibility index (Phi) is 4.97. The highest BCUT2D eigenvalue weighted by molar-refractivity contribution is 5.73. The van der Waals surface area contributed by atoms with Gasteiger partial charge in [0.05, 0.1) is 13.2 Å². The van der Waals surface area contributed by atoms with Gasteiger partial charge in [-0.3, -0.25) is 4.79 Å². The van der Waals surface area contributed by atoms with Crippen LogP contribution in [0.25, 0.3) is 0 Å². The summed E-state index contributed by atoms with van der Waals surface area (Å²) < 4.78 is 5.20. The lowest BCUT2D eigenvalue weighted by Crippen LogP contribution is -2.10. The number of rotatable bonds is 6. The third-order valence-corrected chi connectivity index (χ3v) is 2.64. The van der Waals surface area contributed by atoms with Crippen LogP contribution in [0.4, 0.5) is 0 Å². The maximum Gasteiger partial charge on any atom is 0.217 e. The van der Waals surface area contributed by atoms with Crippen LogP contribution in [-0.2, 0) is 4.79 Å². The molecule has 0 aliphatic heterocycles. The van der Waals surface area contributed by atoms with Crippen LogP contribution in [0.15, 0.2) is 18.2 Å². The maximum absolute atomic E-state index is 10.6. The summed E-state index contributed by atoms with van der Waals surface area (Å²) in [5.74, 6) is 0.329. The number of primary amides is 1. The van der Waals surface area contributed by atoms with Crippen molar-refractivity contribution < 1.29 is 14.6 Å². The number of methoxy groups -OCH3 is 1. The molecule has 0 fully saturated rings. The van der Waals surface area contributed by atoms with Crippen LogP contribution in [0.1, 0.15) is 36.5 Å². The van der Waals surface area contributed by atoms with E-state index in [4.69, 9.17) is 10.5 Å². The van der Waals surface area contributed by atoms with E-state index >= 15 is 0 Å². The van der Waals surface area contributed by atoms with Crippen molar-refractivity contribution in [1.82, 2.24) is 0 Å². The summed E-state index contributed by atoms with van der Waals surface area (Å²) in [7, 11) is 1.57. The van der Waals surface area contributed by atoms with Crippen LogP contribution in [-0.4, -0.2) is 18.1 Å². The molecule has 0 bridgehead atoms. The number of aliphatic hydroxyl groups is 1.